The van der Waals surface area contributed by atoms with E-state index in [9.17, 15) is 4.79 Å². The summed E-state index contributed by atoms with van der Waals surface area (Å²) in [5, 5.41) is 7.83. The Balaban J connectivity index is 1.51. The number of carbonyl (C=O) groups is 1. The standard InChI is InChI=1S/C22H24N6O2/c1-28(2)10-9-16-13-24-19-8-5-15(12-18(16)19)21-26-20(27-30-21)11-14-3-6-17(7-4-14)25-22(23)29/h3-8,12-13,24H,9-11H2,1-2H3,(H3,23,25,29). The van der Waals surface area contributed by atoms with Crippen LogP contribution in [0.15, 0.2) is 53.2 Å². The van der Waals surface area contributed by atoms with Crippen LogP contribution in [-0.4, -0.2) is 46.7 Å². The highest BCUT2D eigenvalue weighted by Gasteiger charge is 2.12. The normalized spacial score (nSPS) is 11.3. The number of aromatic nitrogens is 3. The van der Waals surface area contributed by atoms with E-state index in [-0.39, 0.29) is 0 Å². The molecule has 30 heavy (non-hydrogen) atoms. The quantitative estimate of drug-likeness (QED) is 0.437. The fourth-order valence-corrected chi connectivity index (χ4v) is 3.34. The number of aromatic amines is 1. The second-order valence-electron chi connectivity index (χ2n) is 7.51. The molecule has 0 aliphatic carbocycles. The van der Waals surface area contributed by atoms with Crippen molar-refractivity contribution in [3.63, 3.8) is 0 Å². The number of fused-ring (bicyclic) bond motifs is 1. The molecule has 4 aromatic rings. The molecule has 4 rings (SSSR count). The number of primary amides is 1. The summed E-state index contributed by atoms with van der Waals surface area (Å²) in [6.45, 7) is 0.982. The summed E-state index contributed by atoms with van der Waals surface area (Å²) in [5.41, 5.74) is 10.0. The predicted molar refractivity (Wildman–Crippen MR) is 116 cm³/mol. The molecule has 0 aliphatic heterocycles. The van der Waals surface area contributed by atoms with E-state index in [0.717, 1.165) is 29.6 Å². The molecule has 2 aromatic heterocycles. The number of carbonyl (C=O) groups excluding carboxylic acids is 1. The monoisotopic (exact) mass is 404 g/mol. The molecule has 2 amide bonds. The molecule has 0 atom stereocenters. The second-order valence-corrected chi connectivity index (χ2v) is 7.51. The smallest absolute Gasteiger partial charge is 0.316 e. The van der Waals surface area contributed by atoms with Crippen LogP contribution in [0.4, 0.5) is 10.5 Å². The average Bonchev–Trinajstić information content (AvgIpc) is 3.34. The van der Waals surface area contributed by atoms with Crippen LogP contribution in [0.5, 0.6) is 0 Å². The Kier molecular flexibility index (Phi) is 5.49. The van der Waals surface area contributed by atoms with Gasteiger partial charge in [0.1, 0.15) is 0 Å². The molecular weight excluding hydrogens is 380 g/mol. The van der Waals surface area contributed by atoms with Crippen LogP contribution in [0.3, 0.4) is 0 Å². The molecule has 8 heteroatoms. The predicted octanol–water partition coefficient (Wildman–Crippen LogP) is 3.40. The molecule has 0 spiro atoms. The number of nitrogens with two attached hydrogens (primary N) is 1. The third kappa shape index (κ3) is 4.49. The number of urea groups is 1. The zero-order valence-electron chi connectivity index (χ0n) is 17.0. The Bertz CT molecular complexity index is 1160. The number of hydrogen-bond donors (Lipinski definition) is 3. The molecule has 0 saturated carbocycles. The van der Waals surface area contributed by atoms with E-state index >= 15 is 0 Å². The number of amides is 2. The highest BCUT2D eigenvalue weighted by molar-refractivity contribution is 5.88. The van der Waals surface area contributed by atoms with Crippen LogP contribution in [0.1, 0.15) is 17.0 Å². The lowest BCUT2D eigenvalue weighted by atomic mass is 10.1. The summed E-state index contributed by atoms with van der Waals surface area (Å²) in [6.07, 6.45) is 3.56. The van der Waals surface area contributed by atoms with Crippen LogP contribution >= 0.6 is 0 Å². The first-order chi connectivity index (χ1) is 14.5. The van der Waals surface area contributed by atoms with Crippen molar-refractivity contribution in [2.75, 3.05) is 26.0 Å². The molecule has 0 aliphatic rings. The maximum atomic E-state index is 10.9. The Labute approximate surface area is 174 Å². The van der Waals surface area contributed by atoms with Crippen LogP contribution in [0, 0.1) is 0 Å². The minimum atomic E-state index is -0.588. The highest BCUT2D eigenvalue weighted by atomic mass is 16.5. The number of rotatable bonds is 7. The second kappa shape index (κ2) is 8.38. The van der Waals surface area contributed by atoms with Gasteiger partial charge in [0.2, 0.25) is 0 Å². The minimum absolute atomic E-state index is 0.499. The van der Waals surface area contributed by atoms with Crippen molar-refractivity contribution < 1.29 is 9.32 Å². The molecule has 0 saturated heterocycles. The number of H-pyrrole nitrogens is 1. The van der Waals surface area contributed by atoms with Gasteiger partial charge in [0.25, 0.3) is 5.89 Å². The van der Waals surface area contributed by atoms with Crippen molar-refractivity contribution >= 4 is 22.6 Å². The number of likely N-dealkylation sites (N-methyl/N-ethyl adjacent to an activating group) is 1. The van der Waals surface area contributed by atoms with Gasteiger partial charge in [-0.1, -0.05) is 17.3 Å². The Morgan fingerprint density at radius 2 is 2.00 bits per heavy atom. The van der Waals surface area contributed by atoms with Gasteiger partial charge in [0.15, 0.2) is 5.82 Å². The molecule has 2 heterocycles. The van der Waals surface area contributed by atoms with Gasteiger partial charge in [-0.2, -0.15) is 4.98 Å². The highest BCUT2D eigenvalue weighted by Crippen LogP contribution is 2.26. The Morgan fingerprint density at radius 3 is 2.73 bits per heavy atom. The molecule has 0 bridgehead atoms. The first kappa shape index (κ1) is 19.7. The Hall–Kier alpha value is -3.65. The van der Waals surface area contributed by atoms with Gasteiger partial charge in [0.05, 0.1) is 0 Å². The molecule has 0 fully saturated rings. The van der Waals surface area contributed by atoms with Gasteiger partial charge < -0.3 is 25.5 Å². The molecule has 0 unspecified atom stereocenters. The first-order valence-electron chi connectivity index (χ1n) is 9.71. The lowest BCUT2D eigenvalue weighted by Gasteiger charge is -2.08. The fourth-order valence-electron chi connectivity index (χ4n) is 3.34. The third-order valence-corrected chi connectivity index (χ3v) is 4.89. The number of hydrogen-bond acceptors (Lipinski definition) is 5. The van der Waals surface area contributed by atoms with E-state index in [1.807, 2.05) is 24.3 Å². The van der Waals surface area contributed by atoms with E-state index in [1.54, 1.807) is 12.1 Å². The van der Waals surface area contributed by atoms with Crippen LogP contribution in [0.2, 0.25) is 0 Å². The SMILES string of the molecule is CN(C)CCc1c[nH]c2ccc(-c3nc(Cc4ccc(NC(N)=O)cc4)no3)cc12. The summed E-state index contributed by atoms with van der Waals surface area (Å²) in [7, 11) is 4.14. The van der Waals surface area contributed by atoms with Crippen LogP contribution in [0.25, 0.3) is 22.4 Å². The maximum absolute atomic E-state index is 10.9. The molecule has 0 radical (unpaired) electrons. The van der Waals surface area contributed by atoms with Gasteiger partial charge >= 0.3 is 6.03 Å². The van der Waals surface area contributed by atoms with E-state index in [1.165, 1.54) is 10.9 Å². The van der Waals surface area contributed by atoms with Crippen molar-refractivity contribution in [3.05, 3.63) is 65.6 Å². The average molecular weight is 404 g/mol. The van der Waals surface area contributed by atoms with Crippen molar-refractivity contribution in [3.8, 4) is 11.5 Å². The molecule has 2 aromatic carbocycles. The van der Waals surface area contributed by atoms with E-state index in [4.69, 9.17) is 10.3 Å². The topological polar surface area (TPSA) is 113 Å². The summed E-state index contributed by atoms with van der Waals surface area (Å²) in [5.74, 6) is 1.10. The lowest BCUT2D eigenvalue weighted by molar-refractivity contribution is 0.259. The number of nitrogens with one attached hydrogen (secondary N) is 2. The van der Waals surface area contributed by atoms with E-state index < -0.39 is 6.03 Å². The minimum Gasteiger partial charge on any atom is -0.361 e. The maximum Gasteiger partial charge on any atom is 0.316 e. The van der Waals surface area contributed by atoms with E-state index in [2.05, 4.69) is 51.7 Å². The largest absolute Gasteiger partial charge is 0.361 e. The Morgan fingerprint density at radius 1 is 1.20 bits per heavy atom. The van der Waals surface area contributed by atoms with Crippen molar-refractivity contribution in [2.24, 2.45) is 5.73 Å². The van der Waals surface area contributed by atoms with E-state index in [0.29, 0.717) is 23.8 Å². The first-order valence-corrected chi connectivity index (χ1v) is 9.71. The van der Waals surface area contributed by atoms with Crippen LogP contribution < -0.4 is 11.1 Å². The number of benzene rings is 2. The molecule has 4 N–H and O–H groups in total. The number of nitrogens with zero attached hydrogens (tertiary/aromatic N) is 3. The third-order valence-electron chi connectivity index (χ3n) is 4.89. The van der Waals surface area contributed by atoms with Crippen molar-refractivity contribution in [1.82, 2.24) is 20.0 Å². The summed E-state index contributed by atoms with van der Waals surface area (Å²) >= 11 is 0. The zero-order valence-corrected chi connectivity index (χ0v) is 17.0. The van der Waals surface area contributed by atoms with Crippen LogP contribution in [-0.2, 0) is 12.8 Å². The van der Waals surface area contributed by atoms with Gasteiger partial charge in [-0.05, 0) is 62.0 Å². The molecule has 8 nitrogen and oxygen atoms in total. The number of anilines is 1. The summed E-state index contributed by atoms with van der Waals surface area (Å²) in [4.78, 5) is 21.0. The van der Waals surface area contributed by atoms with Crippen molar-refractivity contribution in [1.29, 1.82) is 0 Å². The van der Waals surface area contributed by atoms with Gasteiger partial charge in [-0.15, -0.1) is 0 Å². The van der Waals surface area contributed by atoms with Gasteiger partial charge in [-0.3, -0.25) is 0 Å². The summed E-state index contributed by atoms with van der Waals surface area (Å²) in [6, 6.07) is 12.9. The lowest BCUT2D eigenvalue weighted by Crippen LogP contribution is -2.19. The van der Waals surface area contributed by atoms with Crippen molar-refractivity contribution in [2.45, 2.75) is 12.8 Å². The fraction of sp³-hybridized carbons (Fsp3) is 0.227. The molecule has 154 valence electrons. The summed E-state index contributed by atoms with van der Waals surface area (Å²) < 4.78 is 5.51. The molecular formula is C22H24N6O2. The van der Waals surface area contributed by atoms with Gasteiger partial charge in [-0.25, -0.2) is 4.79 Å². The zero-order chi connectivity index (χ0) is 21.1. The van der Waals surface area contributed by atoms with Gasteiger partial charge in [0, 0.05) is 41.3 Å².